The molecule has 3 atom stereocenters. The van der Waals surface area contributed by atoms with Crippen LogP contribution in [0.1, 0.15) is 15.9 Å². The van der Waals surface area contributed by atoms with Crippen LogP contribution in [0.15, 0.2) is 36.7 Å². The summed E-state index contributed by atoms with van der Waals surface area (Å²) in [5.41, 5.74) is 3.04. The van der Waals surface area contributed by atoms with E-state index in [2.05, 4.69) is 20.2 Å². The SMILES string of the molecule is O=C(NO)c1cnc(N2C[C@@H]3C(NCc4ccc(Cl)cc4)[C@@H]3C2)nc1. The highest BCUT2D eigenvalue weighted by atomic mass is 35.5. The van der Waals surface area contributed by atoms with Crippen LogP contribution in [0.25, 0.3) is 0 Å². The number of anilines is 1. The normalized spacial score (nSPS) is 24.1. The van der Waals surface area contributed by atoms with Crippen LogP contribution in [0.3, 0.4) is 0 Å². The van der Waals surface area contributed by atoms with Crippen molar-refractivity contribution in [3.8, 4) is 0 Å². The number of benzene rings is 1. The third kappa shape index (κ3) is 3.30. The Bertz CT molecular complexity index is 756. The molecule has 0 bridgehead atoms. The van der Waals surface area contributed by atoms with Gasteiger partial charge in [0.05, 0.1) is 5.56 Å². The number of hydrogen-bond donors (Lipinski definition) is 3. The number of nitrogens with zero attached hydrogens (tertiary/aromatic N) is 3. The number of carbonyl (C=O) groups excluding carboxylic acids is 1. The largest absolute Gasteiger partial charge is 0.340 e. The molecule has 1 aliphatic carbocycles. The van der Waals surface area contributed by atoms with Gasteiger partial charge >= 0.3 is 0 Å². The number of nitrogens with one attached hydrogen (secondary N) is 2. The maximum Gasteiger partial charge on any atom is 0.277 e. The standard InChI is InChI=1S/C17H18ClN5O2/c18-12-3-1-10(2-4-12)5-19-15-13-8-23(9-14(13)15)17-20-6-11(7-21-17)16(24)22-25/h1-4,6-7,13-15,19,25H,5,8-9H2,(H,22,24)/t13-,14+,15?. The predicted octanol–water partition coefficient (Wildman–Crippen LogP) is 1.47. The molecule has 1 aromatic carbocycles. The molecule has 2 aliphatic rings. The third-order valence-corrected chi connectivity index (χ3v) is 5.19. The fourth-order valence-electron chi connectivity index (χ4n) is 3.50. The van der Waals surface area contributed by atoms with Crippen molar-refractivity contribution in [2.75, 3.05) is 18.0 Å². The van der Waals surface area contributed by atoms with E-state index in [0.29, 0.717) is 23.8 Å². The average Bonchev–Trinajstić information content (AvgIpc) is 3.10. The van der Waals surface area contributed by atoms with Crippen molar-refractivity contribution in [2.45, 2.75) is 12.6 Å². The van der Waals surface area contributed by atoms with Crippen molar-refractivity contribution in [3.05, 3.63) is 52.8 Å². The van der Waals surface area contributed by atoms with E-state index in [4.69, 9.17) is 16.8 Å². The van der Waals surface area contributed by atoms with E-state index in [1.54, 1.807) is 5.48 Å². The van der Waals surface area contributed by atoms with E-state index < -0.39 is 5.91 Å². The molecule has 1 saturated carbocycles. The molecule has 25 heavy (non-hydrogen) atoms. The van der Waals surface area contributed by atoms with Gasteiger partial charge in [0.15, 0.2) is 0 Å². The van der Waals surface area contributed by atoms with Gasteiger partial charge in [0.2, 0.25) is 5.95 Å². The van der Waals surface area contributed by atoms with E-state index in [0.717, 1.165) is 24.7 Å². The quantitative estimate of drug-likeness (QED) is 0.553. The third-order valence-electron chi connectivity index (χ3n) is 4.93. The second-order valence-electron chi connectivity index (χ2n) is 6.48. The van der Waals surface area contributed by atoms with E-state index in [1.807, 2.05) is 24.3 Å². The monoisotopic (exact) mass is 359 g/mol. The van der Waals surface area contributed by atoms with Crippen LogP contribution in [-0.4, -0.2) is 40.2 Å². The summed E-state index contributed by atoms with van der Waals surface area (Å²) in [5, 5.41) is 13.0. The van der Waals surface area contributed by atoms with Crippen molar-refractivity contribution in [1.82, 2.24) is 20.8 Å². The molecule has 4 rings (SSSR count). The molecule has 3 N–H and O–H groups in total. The average molecular weight is 360 g/mol. The van der Waals surface area contributed by atoms with Gasteiger partial charge in [0.25, 0.3) is 5.91 Å². The van der Waals surface area contributed by atoms with Crippen LogP contribution >= 0.6 is 11.6 Å². The summed E-state index contributed by atoms with van der Waals surface area (Å²) in [7, 11) is 0. The summed E-state index contributed by atoms with van der Waals surface area (Å²) < 4.78 is 0. The van der Waals surface area contributed by atoms with Gasteiger partial charge in [-0.1, -0.05) is 23.7 Å². The first-order chi connectivity index (χ1) is 12.2. The van der Waals surface area contributed by atoms with E-state index in [1.165, 1.54) is 18.0 Å². The number of carbonyl (C=O) groups is 1. The van der Waals surface area contributed by atoms with Gasteiger partial charge in [-0.2, -0.15) is 0 Å². The number of aromatic nitrogens is 2. The summed E-state index contributed by atoms with van der Waals surface area (Å²) in [6, 6.07) is 8.43. The highest BCUT2D eigenvalue weighted by molar-refractivity contribution is 6.30. The molecule has 1 saturated heterocycles. The predicted molar refractivity (Wildman–Crippen MR) is 92.6 cm³/mol. The van der Waals surface area contributed by atoms with Gasteiger partial charge in [0.1, 0.15) is 0 Å². The lowest BCUT2D eigenvalue weighted by atomic mass is 10.2. The number of fused-ring (bicyclic) bond motifs is 1. The van der Waals surface area contributed by atoms with Gasteiger partial charge in [0, 0.05) is 43.1 Å². The van der Waals surface area contributed by atoms with Crippen LogP contribution in [0.5, 0.6) is 0 Å². The van der Waals surface area contributed by atoms with E-state index >= 15 is 0 Å². The molecule has 2 heterocycles. The van der Waals surface area contributed by atoms with E-state index in [9.17, 15) is 4.79 Å². The molecular weight excluding hydrogens is 342 g/mol. The summed E-state index contributed by atoms with van der Waals surface area (Å²) in [4.78, 5) is 21.9. The molecule has 1 amide bonds. The molecule has 2 fully saturated rings. The minimum atomic E-state index is -0.609. The summed E-state index contributed by atoms with van der Waals surface area (Å²) in [5.74, 6) is 1.23. The smallest absolute Gasteiger partial charge is 0.277 e. The van der Waals surface area contributed by atoms with Crippen molar-refractivity contribution in [1.29, 1.82) is 0 Å². The highest BCUT2D eigenvalue weighted by Crippen LogP contribution is 2.46. The Morgan fingerprint density at radius 2 is 1.84 bits per heavy atom. The fraction of sp³-hybridized carbons (Fsp3) is 0.353. The van der Waals surface area contributed by atoms with Gasteiger partial charge in [-0.15, -0.1) is 0 Å². The minimum absolute atomic E-state index is 0.234. The summed E-state index contributed by atoms with van der Waals surface area (Å²) >= 11 is 5.90. The molecule has 2 aromatic rings. The zero-order chi connectivity index (χ0) is 17.4. The molecular formula is C17H18ClN5O2. The van der Waals surface area contributed by atoms with Crippen LogP contribution in [0, 0.1) is 11.8 Å². The minimum Gasteiger partial charge on any atom is -0.340 e. The summed E-state index contributed by atoms with van der Waals surface area (Å²) in [6.45, 7) is 2.67. The van der Waals surface area contributed by atoms with Crippen LogP contribution in [0.4, 0.5) is 5.95 Å². The maximum atomic E-state index is 11.3. The van der Waals surface area contributed by atoms with Crippen molar-refractivity contribution in [2.24, 2.45) is 11.8 Å². The highest BCUT2D eigenvalue weighted by Gasteiger charge is 2.55. The Labute approximate surface area is 150 Å². The topological polar surface area (TPSA) is 90.4 Å². The van der Waals surface area contributed by atoms with Crippen molar-refractivity contribution < 1.29 is 10.0 Å². The lowest BCUT2D eigenvalue weighted by molar-refractivity contribution is 0.0705. The Kier molecular flexibility index (Phi) is 4.29. The molecule has 130 valence electrons. The number of halogens is 1. The number of hydrogen-bond acceptors (Lipinski definition) is 6. The fourth-order valence-corrected chi connectivity index (χ4v) is 3.62. The second kappa shape index (κ2) is 6.59. The van der Waals surface area contributed by atoms with Crippen LogP contribution < -0.4 is 15.7 Å². The Morgan fingerprint density at radius 1 is 1.20 bits per heavy atom. The Balaban J connectivity index is 1.29. The van der Waals surface area contributed by atoms with Gasteiger partial charge in [-0.05, 0) is 29.5 Å². The molecule has 7 nitrogen and oxygen atoms in total. The number of rotatable bonds is 5. The molecule has 0 spiro atoms. The summed E-state index contributed by atoms with van der Waals surface area (Å²) in [6.07, 6.45) is 2.85. The Hall–Kier alpha value is -2.22. The van der Waals surface area contributed by atoms with Crippen molar-refractivity contribution in [3.63, 3.8) is 0 Å². The molecule has 1 aromatic heterocycles. The van der Waals surface area contributed by atoms with Crippen LogP contribution in [0.2, 0.25) is 5.02 Å². The first-order valence-electron chi connectivity index (χ1n) is 8.15. The molecule has 8 heteroatoms. The van der Waals surface area contributed by atoms with Crippen LogP contribution in [-0.2, 0) is 6.54 Å². The molecule has 1 unspecified atom stereocenters. The number of hydroxylamine groups is 1. The zero-order valence-corrected chi connectivity index (χ0v) is 14.1. The lowest BCUT2D eigenvalue weighted by Crippen LogP contribution is -2.32. The van der Waals surface area contributed by atoms with E-state index in [-0.39, 0.29) is 5.56 Å². The van der Waals surface area contributed by atoms with Crippen molar-refractivity contribution >= 4 is 23.5 Å². The van der Waals surface area contributed by atoms with Gasteiger partial charge in [-0.3, -0.25) is 10.0 Å². The lowest BCUT2D eigenvalue weighted by Gasteiger charge is -2.20. The van der Waals surface area contributed by atoms with Gasteiger partial charge in [-0.25, -0.2) is 15.4 Å². The first-order valence-corrected chi connectivity index (χ1v) is 8.53. The van der Waals surface area contributed by atoms with Gasteiger partial charge < -0.3 is 10.2 Å². The molecule has 1 aliphatic heterocycles. The maximum absolute atomic E-state index is 11.3. The Morgan fingerprint density at radius 3 is 2.44 bits per heavy atom. The second-order valence-corrected chi connectivity index (χ2v) is 6.91. The number of amides is 1. The molecule has 0 radical (unpaired) electrons. The number of piperidine rings is 1. The first kappa shape index (κ1) is 16.3. The zero-order valence-electron chi connectivity index (χ0n) is 13.4.